The molecule has 4 aromatic heterocycles. The minimum Gasteiger partial charge on any atom is -0.497 e. The van der Waals surface area contributed by atoms with Crippen molar-refractivity contribution < 1.29 is 23.1 Å². The number of hydrogen-bond donors (Lipinski definition) is 1. The Labute approximate surface area is 292 Å². The lowest BCUT2D eigenvalue weighted by atomic mass is 10.1. The van der Waals surface area contributed by atoms with Gasteiger partial charge in [0, 0.05) is 54.5 Å². The molecule has 0 radical (unpaired) electrons. The summed E-state index contributed by atoms with van der Waals surface area (Å²) in [5, 5.41) is 9.16. The molecule has 1 atom stereocenters. The van der Waals surface area contributed by atoms with Crippen LogP contribution in [0.1, 0.15) is 47.7 Å². The molecule has 0 spiro atoms. The SMILES string of the molecule is [2H]C([2H])([2H])N(c1cc(=O)n(CC)cn1)c1cc2ncnc(NCc3ccc(OC)cc3OC)c2c(Oc2c(C)ccc3c2cnn3C2CCCCO2)n1. The minimum absolute atomic E-state index is 0.0238. The maximum atomic E-state index is 12.9. The first-order valence-electron chi connectivity index (χ1n) is 17.8. The molecule has 14 nitrogen and oxygen atoms in total. The Morgan fingerprint density at radius 1 is 1.08 bits per heavy atom. The fraction of sp³-hybridized carbons (Fsp3) is 0.333. The predicted octanol–water partition coefficient (Wildman–Crippen LogP) is 6.15. The average molecular weight is 681 g/mol. The first-order chi connectivity index (χ1) is 25.6. The summed E-state index contributed by atoms with van der Waals surface area (Å²) in [6.07, 6.45) is 7.07. The normalized spacial score (nSPS) is 15.7. The van der Waals surface area contributed by atoms with Crippen molar-refractivity contribution in [1.29, 1.82) is 0 Å². The van der Waals surface area contributed by atoms with Crippen LogP contribution in [0.4, 0.5) is 17.5 Å². The summed E-state index contributed by atoms with van der Waals surface area (Å²) in [6.45, 7) is 2.22. The van der Waals surface area contributed by atoms with Gasteiger partial charge in [-0.25, -0.2) is 19.6 Å². The smallest absolute Gasteiger partial charge is 0.255 e. The van der Waals surface area contributed by atoms with Crippen LogP contribution in [0.2, 0.25) is 0 Å². The molecule has 6 aromatic rings. The largest absolute Gasteiger partial charge is 0.497 e. The molecule has 50 heavy (non-hydrogen) atoms. The number of nitrogens with one attached hydrogen (secondary N) is 1. The molecule has 5 heterocycles. The molecule has 0 amide bonds. The summed E-state index contributed by atoms with van der Waals surface area (Å²) in [7, 11) is 3.17. The summed E-state index contributed by atoms with van der Waals surface area (Å²) in [6, 6.07) is 12.1. The number of aromatic nitrogens is 7. The number of aryl methyl sites for hydroxylation is 2. The van der Waals surface area contributed by atoms with Crippen molar-refractivity contribution in [3.05, 3.63) is 82.8 Å². The van der Waals surface area contributed by atoms with Gasteiger partial charge in [0.05, 0.1) is 43.2 Å². The number of nitrogens with zero attached hydrogens (tertiary/aromatic N) is 8. The number of rotatable bonds is 11. The van der Waals surface area contributed by atoms with E-state index in [0.717, 1.165) is 40.8 Å². The maximum absolute atomic E-state index is 12.9. The molecule has 1 unspecified atom stereocenters. The second kappa shape index (κ2) is 14.0. The highest BCUT2D eigenvalue weighted by Crippen LogP contribution is 2.40. The minimum atomic E-state index is -2.80. The molecular formula is C36H39N9O5. The van der Waals surface area contributed by atoms with Crippen molar-refractivity contribution >= 4 is 39.3 Å². The van der Waals surface area contributed by atoms with Crippen molar-refractivity contribution in [2.75, 3.05) is 38.0 Å². The summed E-state index contributed by atoms with van der Waals surface area (Å²) in [5.74, 6) is 1.95. The number of pyridine rings is 1. The van der Waals surface area contributed by atoms with Gasteiger partial charge in [-0.05, 0) is 56.9 Å². The van der Waals surface area contributed by atoms with Gasteiger partial charge in [0.1, 0.15) is 46.4 Å². The quantitative estimate of drug-likeness (QED) is 0.168. The van der Waals surface area contributed by atoms with E-state index >= 15 is 0 Å². The molecule has 0 saturated carbocycles. The van der Waals surface area contributed by atoms with E-state index in [1.165, 1.54) is 29.4 Å². The highest BCUT2D eigenvalue weighted by molar-refractivity contribution is 5.96. The van der Waals surface area contributed by atoms with Crippen molar-refractivity contribution in [1.82, 2.24) is 34.3 Å². The Morgan fingerprint density at radius 3 is 2.74 bits per heavy atom. The number of hydrogen-bond acceptors (Lipinski definition) is 12. The van der Waals surface area contributed by atoms with Gasteiger partial charge in [0.25, 0.3) is 5.56 Å². The van der Waals surface area contributed by atoms with E-state index in [0.29, 0.717) is 59.1 Å². The molecule has 1 fully saturated rings. The lowest BCUT2D eigenvalue weighted by Gasteiger charge is -2.23. The van der Waals surface area contributed by atoms with Crippen LogP contribution in [-0.2, 0) is 17.8 Å². The Bertz CT molecular complexity index is 2340. The molecule has 1 aliphatic heterocycles. The summed E-state index contributed by atoms with van der Waals surface area (Å²) < 4.78 is 52.4. The zero-order chi connectivity index (χ0) is 37.3. The van der Waals surface area contributed by atoms with Gasteiger partial charge in [-0.1, -0.05) is 6.07 Å². The predicted molar refractivity (Wildman–Crippen MR) is 190 cm³/mol. The van der Waals surface area contributed by atoms with Gasteiger partial charge in [-0.15, -0.1) is 0 Å². The van der Waals surface area contributed by atoms with Gasteiger partial charge in [0.2, 0.25) is 5.88 Å². The monoisotopic (exact) mass is 680 g/mol. The topological polar surface area (TPSA) is 144 Å². The van der Waals surface area contributed by atoms with E-state index in [9.17, 15) is 4.79 Å². The van der Waals surface area contributed by atoms with E-state index in [-0.39, 0.29) is 23.7 Å². The van der Waals surface area contributed by atoms with Crippen molar-refractivity contribution in [3.63, 3.8) is 0 Å². The zero-order valence-electron chi connectivity index (χ0n) is 31.2. The van der Waals surface area contributed by atoms with Crippen LogP contribution >= 0.6 is 0 Å². The van der Waals surface area contributed by atoms with Gasteiger partial charge in [0.15, 0.2) is 6.23 Å². The number of benzene rings is 2. The van der Waals surface area contributed by atoms with Crippen LogP contribution in [0.3, 0.4) is 0 Å². The van der Waals surface area contributed by atoms with Crippen molar-refractivity contribution in [3.8, 4) is 23.1 Å². The second-order valence-electron chi connectivity index (χ2n) is 11.8. The second-order valence-corrected chi connectivity index (χ2v) is 11.8. The number of anilines is 3. The van der Waals surface area contributed by atoms with Crippen LogP contribution in [0.25, 0.3) is 21.8 Å². The molecule has 7 rings (SSSR count). The highest BCUT2D eigenvalue weighted by atomic mass is 16.5. The molecule has 0 aliphatic carbocycles. The van der Waals surface area contributed by atoms with Crippen LogP contribution in [0.5, 0.6) is 23.1 Å². The van der Waals surface area contributed by atoms with Crippen LogP contribution in [0.15, 0.2) is 66.1 Å². The van der Waals surface area contributed by atoms with Gasteiger partial charge in [-0.3, -0.25) is 9.36 Å². The Kier molecular flexibility index (Phi) is 8.17. The zero-order valence-corrected chi connectivity index (χ0v) is 28.2. The van der Waals surface area contributed by atoms with E-state index in [2.05, 4.69) is 25.4 Å². The number of ether oxygens (including phenoxy) is 4. The van der Waals surface area contributed by atoms with Gasteiger partial charge in [-0.2, -0.15) is 10.1 Å². The van der Waals surface area contributed by atoms with E-state index in [1.807, 2.05) is 35.9 Å². The molecular weight excluding hydrogens is 638 g/mol. The Hall–Kier alpha value is -5.76. The Balaban J connectivity index is 1.39. The molecule has 0 bridgehead atoms. The Morgan fingerprint density at radius 2 is 1.98 bits per heavy atom. The van der Waals surface area contributed by atoms with Crippen LogP contribution in [-0.4, -0.2) is 62.1 Å². The van der Waals surface area contributed by atoms with Crippen LogP contribution in [0, 0.1) is 6.92 Å². The number of methoxy groups -OCH3 is 2. The fourth-order valence-corrected chi connectivity index (χ4v) is 6.01. The van der Waals surface area contributed by atoms with Crippen LogP contribution < -0.4 is 30.0 Å². The third-order valence-electron chi connectivity index (χ3n) is 8.73. The molecule has 2 aromatic carbocycles. The third kappa shape index (κ3) is 6.25. The molecule has 1 saturated heterocycles. The molecule has 1 aliphatic rings. The lowest BCUT2D eigenvalue weighted by molar-refractivity contribution is -0.0366. The van der Waals surface area contributed by atoms with E-state index in [1.54, 1.807) is 33.4 Å². The number of fused-ring (bicyclic) bond motifs is 2. The molecule has 258 valence electrons. The van der Waals surface area contributed by atoms with E-state index < -0.39 is 12.5 Å². The third-order valence-corrected chi connectivity index (χ3v) is 8.73. The summed E-state index contributed by atoms with van der Waals surface area (Å²) >= 11 is 0. The van der Waals surface area contributed by atoms with Crippen molar-refractivity contribution in [2.24, 2.45) is 0 Å². The maximum Gasteiger partial charge on any atom is 0.255 e. The first-order valence-corrected chi connectivity index (χ1v) is 16.3. The summed E-state index contributed by atoms with van der Waals surface area (Å²) in [4.78, 5) is 32.0. The van der Waals surface area contributed by atoms with Gasteiger partial charge < -0.3 is 29.2 Å². The van der Waals surface area contributed by atoms with Gasteiger partial charge >= 0.3 is 0 Å². The summed E-state index contributed by atoms with van der Waals surface area (Å²) in [5.41, 5.74) is 2.34. The fourth-order valence-electron chi connectivity index (χ4n) is 6.01. The molecule has 14 heteroatoms. The molecule has 1 N–H and O–H groups in total. The highest BCUT2D eigenvalue weighted by Gasteiger charge is 2.23. The van der Waals surface area contributed by atoms with E-state index in [4.69, 9.17) is 28.0 Å². The van der Waals surface area contributed by atoms with Crippen molar-refractivity contribution in [2.45, 2.75) is 52.4 Å². The standard InChI is InChI=1S/C36H39N9O5/c1-6-44-21-40-29(17-31(44)46)43(3)30-16-26-33(35(39-20-38-26)37-18-23-11-12-24(47-4)15-28(23)48-5)36(42-30)50-34-22(2)10-13-27-25(34)19-41-45(27)32-9-7-8-14-49-32/h10-13,15-17,19-21,32H,6-9,14,18H2,1-5H3,(H,37,38,39)/i3D3. The first kappa shape index (κ1) is 29.2. The average Bonchev–Trinajstić information content (AvgIpc) is 3.59. The lowest BCUT2D eigenvalue weighted by Crippen LogP contribution is -2.22.